The molecule has 5 aromatic carbocycles. The first-order valence-corrected chi connectivity index (χ1v) is 22.8. The number of hydrogen-bond acceptors (Lipinski definition) is 11. The zero-order valence-corrected chi connectivity index (χ0v) is 38.4. The average molecular weight is 886 g/mol. The molecule has 0 bridgehead atoms. The van der Waals surface area contributed by atoms with E-state index in [2.05, 4.69) is 41.4 Å². The van der Waals surface area contributed by atoms with Crippen LogP contribution >= 0.6 is 11.8 Å². The van der Waals surface area contributed by atoms with Gasteiger partial charge in [-0.2, -0.15) is 0 Å². The Labute approximate surface area is 381 Å². The molecule has 0 fully saturated rings. The van der Waals surface area contributed by atoms with E-state index in [1.54, 1.807) is 14.2 Å². The van der Waals surface area contributed by atoms with Crippen LogP contribution in [0.2, 0.25) is 0 Å². The molecule has 1 amide bonds. The number of nitrogens with zero attached hydrogens (tertiary/aromatic N) is 1. The molecule has 3 N–H and O–H groups in total. The van der Waals surface area contributed by atoms with Crippen molar-refractivity contribution in [3.8, 4) is 22.6 Å². The van der Waals surface area contributed by atoms with Crippen LogP contribution in [0.1, 0.15) is 93.2 Å². The van der Waals surface area contributed by atoms with E-state index in [1.165, 1.54) is 11.8 Å². The summed E-state index contributed by atoms with van der Waals surface area (Å²) in [6.07, 6.45) is 3.29. The maximum absolute atomic E-state index is 14.9. The van der Waals surface area contributed by atoms with E-state index in [0.29, 0.717) is 34.1 Å². The monoisotopic (exact) mass is 885 g/mol. The number of Topliss-reactive ketones (excluding diaryl/α,β-unsaturated/α-hetero) is 1. The van der Waals surface area contributed by atoms with Gasteiger partial charge < -0.3 is 39.6 Å². The first-order valence-electron chi connectivity index (χ1n) is 22.0. The summed E-state index contributed by atoms with van der Waals surface area (Å²) in [5.41, 5.74) is 14.6. The van der Waals surface area contributed by atoms with Gasteiger partial charge >= 0.3 is 12.1 Å². The molecule has 11 nitrogen and oxygen atoms in total. The first-order chi connectivity index (χ1) is 30.9. The number of methoxy groups -OCH3 is 2. The van der Waals surface area contributed by atoms with E-state index in [0.717, 1.165) is 69.8 Å². The summed E-state index contributed by atoms with van der Waals surface area (Å²) in [7, 11) is 3.12. The third-order valence-corrected chi connectivity index (χ3v) is 12.9. The van der Waals surface area contributed by atoms with Crippen LogP contribution in [-0.2, 0) is 36.8 Å². The van der Waals surface area contributed by atoms with Crippen LogP contribution in [0, 0.1) is 0 Å². The quantitative estimate of drug-likeness (QED) is 0.0605. The molecule has 2 atom stereocenters. The summed E-state index contributed by atoms with van der Waals surface area (Å²) in [6, 6.07) is 31.0. The van der Waals surface area contributed by atoms with E-state index < -0.39 is 35.5 Å². The molecule has 0 aromatic heterocycles. The largest absolute Gasteiger partial charge is 0.496 e. The minimum atomic E-state index is -1.27. The molecule has 5 aromatic rings. The summed E-state index contributed by atoms with van der Waals surface area (Å²) in [6.45, 7) is 8.55. The number of benzene rings is 5. The molecule has 1 heterocycles. The SMILES string of the molecule is CCCCCCN1c2ccc(OC)c(CC(=O)OCc3ccccc3)c2Sc2c1ccc(OC)c2C(N)C(=O)[C@H](COC(C)(C)C)NC(=O)OCC1c2ccccc2-c2ccccc21. The number of alkyl carbamates (subject to hydrolysis) is 1. The summed E-state index contributed by atoms with van der Waals surface area (Å²) in [5.74, 6) is -0.117. The molecule has 0 saturated heterocycles. The molecule has 0 saturated carbocycles. The zero-order chi connectivity index (χ0) is 45.4. The third kappa shape index (κ3) is 10.4. The predicted molar refractivity (Wildman–Crippen MR) is 251 cm³/mol. The Morgan fingerprint density at radius 3 is 2.03 bits per heavy atom. The Balaban J connectivity index is 1.20. The highest BCUT2D eigenvalue weighted by molar-refractivity contribution is 7.99. The maximum atomic E-state index is 14.9. The summed E-state index contributed by atoms with van der Waals surface area (Å²) in [5, 5.41) is 2.82. The molecule has 12 heteroatoms. The Kier molecular flexibility index (Phi) is 15.0. The lowest BCUT2D eigenvalue weighted by molar-refractivity contribution is -0.144. The van der Waals surface area contributed by atoms with E-state index in [-0.39, 0.29) is 32.2 Å². The lowest BCUT2D eigenvalue weighted by Gasteiger charge is -2.36. The van der Waals surface area contributed by atoms with Gasteiger partial charge in [-0.05, 0) is 79.3 Å². The van der Waals surface area contributed by atoms with Gasteiger partial charge in [0, 0.05) is 33.4 Å². The number of esters is 1. The molecule has 0 radical (unpaired) electrons. The van der Waals surface area contributed by atoms with Crippen LogP contribution < -0.4 is 25.4 Å². The van der Waals surface area contributed by atoms with Crippen LogP contribution in [0.4, 0.5) is 16.2 Å². The van der Waals surface area contributed by atoms with Gasteiger partial charge in [0.1, 0.15) is 30.8 Å². The standard InChI is InChI=1S/C52H59N3O8S/c1-7-8-9-17-28-55-41-24-26-43(59-5)38(29-45(56)61-30-33-18-11-10-12-19-33)49(41)64-50-42(55)25-27-44(60-6)46(50)47(53)48(57)40(32-63-52(2,3)4)54-51(58)62-31-39-36-22-15-13-20-34(36)35-21-14-16-23-37(35)39/h10-16,18-27,39-40,47H,7-9,17,28-32,53H2,1-6H3,(H,54,58)/t40-,47?/m0/s1. The maximum Gasteiger partial charge on any atom is 0.407 e. The number of ketones is 1. The minimum Gasteiger partial charge on any atom is -0.496 e. The number of nitrogens with one attached hydrogen (secondary N) is 1. The van der Waals surface area contributed by atoms with Gasteiger partial charge in [-0.15, -0.1) is 0 Å². The van der Waals surface area contributed by atoms with E-state index in [9.17, 15) is 14.4 Å². The van der Waals surface area contributed by atoms with Gasteiger partial charge in [0.2, 0.25) is 0 Å². The van der Waals surface area contributed by atoms with Crippen molar-refractivity contribution < 1.29 is 38.1 Å². The van der Waals surface area contributed by atoms with E-state index in [1.807, 2.05) is 99.6 Å². The summed E-state index contributed by atoms with van der Waals surface area (Å²) in [4.78, 5) is 45.9. The molecular weight excluding hydrogens is 827 g/mol. The first kappa shape index (κ1) is 46.2. The van der Waals surface area contributed by atoms with Crippen LogP contribution in [0.25, 0.3) is 11.1 Å². The predicted octanol–water partition coefficient (Wildman–Crippen LogP) is 10.5. The number of fused-ring (bicyclic) bond motifs is 5. The number of anilines is 2. The Bertz CT molecular complexity index is 2410. The highest BCUT2D eigenvalue weighted by Gasteiger charge is 2.37. The molecule has 64 heavy (non-hydrogen) atoms. The summed E-state index contributed by atoms with van der Waals surface area (Å²) < 4.78 is 29.6. The van der Waals surface area contributed by atoms with Crippen molar-refractivity contribution in [1.29, 1.82) is 0 Å². The molecule has 1 unspecified atom stereocenters. The highest BCUT2D eigenvalue weighted by Crippen LogP contribution is 2.55. The number of carbonyl (C=O) groups is 3. The zero-order valence-electron chi connectivity index (χ0n) is 37.6. The Hall–Kier alpha value is -5.82. The smallest absolute Gasteiger partial charge is 0.407 e. The van der Waals surface area contributed by atoms with Gasteiger partial charge in [-0.25, -0.2) is 4.79 Å². The molecule has 336 valence electrons. The van der Waals surface area contributed by atoms with Crippen molar-refractivity contribution in [2.75, 3.05) is 38.9 Å². The fourth-order valence-electron chi connectivity index (χ4n) is 8.42. The molecule has 7 rings (SSSR count). The topological polar surface area (TPSA) is 139 Å². The number of hydrogen-bond donors (Lipinski definition) is 2. The van der Waals surface area contributed by atoms with Crippen molar-refractivity contribution in [2.45, 2.75) is 99.8 Å². The lowest BCUT2D eigenvalue weighted by Crippen LogP contribution is -2.49. The van der Waals surface area contributed by atoms with Gasteiger partial charge in [0.25, 0.3) is 0 Å². The second-order valence-electron chi connectivity index (χ2n) is 17.1. The number of carbonyl (C=O) groups excluding carboxylic acids is 3. The van der Waals surface area contributed by atoms with Crippen LogP contribution in [-0.4, -0.2) is 63.5 Å². The summed E-state index contributed by atoms with van der Waals surface area (Å²) >= 11 is 1.41. The third-order valence-electron chi connectivity index (χ3n) is 11.6. The number of ether oxygens (including phenoxy) is 5. The highest BCUT2D eigenvalue weighted by atomic mass is 32.2. The van der Waals surface area contributed by atoms with Gasteiger partial charge in [0.15, 0.2) is 5.78 Å². The molecular formula is C52H59N3O8S. The van der Waals surface area contributed by atoms with Gasteiger partial charge in [-0.3, -0.25) is 9.59 Å². The molecule has 2 aliphatic rings. The molecule has 1 aliphatic heterocycles. The fourth-order valence-corrected chi connectivity index (χ4v) is 9.82. The minimum absolute atomic E-state index is 0.0499. The Morgan fingerprint density at radius 1 is 0.766 bits per heavy atom. The van der Waals surface area contributed by atoms with Crippen LogP contribution in [0.15, 0.2) is 113 Å². The fraction of sp³-hybridized carbons (Fsp3) is 0.365. The normalized spacial score (nSPS) is 13.8. The average Bonchev–Trinajstić information content (AvgIpc) is 3.62. The molecule has 0 spiro atoms. The van der Waals surface area contributed by atoms with E-state index in [4.69, 9.17) is 29.4 Å². The number of amides is 1. The van der Waals surface area contributed by atoms with Crippen molar-refractivity contribution in [3.05, 3.63) is 131 Å². The van der Waals surface area contributed by atoms with Crippen molar-refractivity contribution in [2.24, 2.45) is 5.73 Å². The number of unbranched alkanes of at least 4 members (excludes halogenated alkanes) is 3. The molecule has 1 aliphatic carbocycles. The second-order valence-corrected chi connectivity index (χ2v) is 18.1. The van der Waals surface area contributed by atoms with Crippen molar-refractivity contribution in [3.63, 3.8) is 0 Å². The number of nitrogens with two attached hydrogens (primary N) is 1. The lowest BCUT2D eigenvalue weighted by atomic mass is 9.96. The van der Waals surface area contributed by atoms with Gasteiger partial charge in [0.05, 0.1) is 50.3 Å². The van der Waals surface area contributed by atoms with Crippen LogP contribution in [0.5, 0.6) is 11.5 Å². The van der Waals surface area contributed by atoms with Crippen molar-refractivity contribution in [1.82, 2.24) is 5.32 Å². The number of rotatable bonds is 19. The van der Waals surface area contributed by atoms with Crippen molar-refractivity contribution >= 4 is 41.0 Å². The second kappa shape index (κ2) is 20.8. The Morgan fingerprint density at radius 2 is 1.39 bits per heavy atom. The van der Waals surface area contributed by atoms with Gasteiger partial charge in [-0.1, -0.05) is 117 Å². The van der Waals surface area contributed by atoms with E-state index >= 15 is 0 Å². The van der Waals surface area contributed by atoms with Crippen LogP contribution in [0.3, 0.4) is 0 Å².